The summed E-state index contributed by atoms with van der Waals surface area (Å²) < 4.78 is 11.1. The smallest absolute Gasteiger partial charge is 0.130 e. The van der Waals surface area contributed by atoms with E-state index in [4.69, 9.17) is 9.47 Å². The monoisotopic (exact) mass is 278 g/mol. The third-order valence-corrected chi connectivity index (χ3v) is 3.69. The van der Waals surface area contributed by atoms with E-state index in [0.717, 1.165) is 63.1 Å². The maximum absolute atomic E-state index is 5.76. The summed E-state index contributed by atoms with van der Waals surface area (Å²) in [6.07, 6.45) is 2.08. The van der Waals surface area contributed by atoms with Crippen molar-refractivity contribution in [1.29, 1.82) is 0 Å². The first-order valence-electron chi connectivity index (χ1n) is 7.33. The summed E-state index contributed by atoms with van der Waals surface area (Å²) in [5.74, 6) is 1.68. The van der Waals surface area contributed by atoms with Gasteiger partial charge < -0.3 is 20.1 Å². The fourth-order valence-electron chi connectivity index (χ4n) is 2.64. The van der Waals surface area contributed by atoms with Crippen molar-refractivity contribution >= 4 is 5.82 Å². The maximum atomic E-state index is 5.76. The van der Waals surface area contributed by atoms with Crippen molar-refractivity contribution in [3.8, 4) is 0 Å². The van der Waals surface area contributed by atoms with Crippen LogP contribution >= 0.6 is 0 Å². The molecule has 2 aliphatic rings. The molecule has 2 aliphatic heterocycles. The number of nitrogens with zero attached hydrogens (tertiary/aromatic N) is 2. The summed E-state index contributed by atoms with van der Waals surface area (Å²) >= 11 is 0. The molecule has 6 nitrogen and oxygen atoms in total. The first kappa shape index (κ1) is 13.7. The number of anilines is 1. The number of aromatic nitrogens is 2. The van der Waals surface area contributed by atoms with E-state index in [-0.39, 0.29) is 6.10 Å². The Hall–Kier alpha value is -1.24. The Morgan fingerprint density at radius 1 is 1.25 bits per heavy atom. The second-order valence-corrected chi connectivity index (χ2v) is 5.32. The molecule has 0 aliphatic carbocycles. The van der Waals surface area contributed by atoms with E-state index in [1.165, 1.54) is 0 Å². The maximum Gasteiger partial charge on any atom is 0.130 e. The van der Waals surface area contributed by atoms with Gasteiger partial charge in [0.2, 0.25) is 0 Å². The summed E-state index contributed by atoms with van der Waals surface area (Å²) in [5.41, 5.74) is 0.958. The zero-order chi connectivity index (χ0) is 13.8. The molecule has 0 amide bonds. The average molecular weight is 278 g/mol. The van der Waals surface area contributed by atoms with E-state index in [0.29, 0.717) is 6.04 Å². The van der Waals surface area contributed by atoms with Crippen LogP contribution in [0.4, 0.5) is 5.82 Å². The zero-order valence-electron chi connectivity index (χ0n) is 11.9. The van der Waals surface area contributed by atoms with Gasteiger partial charge in [0, 0.05) is 38.4 Å². The van der Waals surface area contributed by atoms with Crippen molar-refractivity contribution < 1.29 is 9.47 Å². The minimum absolute atomic E-state index is 0.0284. The zero-order valence-corrected chi connectivity index (χ0v) is 11.9. The highest BCUT2D eigenvalue weighted by atomic mass is 16.5. The summed E-state index contributed by atoms with van der Waals surface area (Å²) in [5, 5.41) is 6.83. The van der Waals surface area contributed by atoms with E-state index >= 15 is 0 Å². The summed E-state index contributed by atoms with van der Waals surface area (Å²) in [7, 11) is 0. The molecular weight excluding hydrogens is 256 g/mol. The van der Waals surface area contributed by atoms with Crippen molar-refractivity contribution in [2.45, 2.75) is 31.9 Å². The van der Waals surface area contributed by atoms with E-state index in [1.54, 1.807) is 0 Å². The van der Waals surface area contributed by atoms with E-state index in [1.807, 2.05) is 13.0 Å². The number of hydrogen-bond donors (Lipinski definition) is 2. The predicted octanol–water partition coefficient (Wildman–Crippen LogP) is 1.04. The van der Waals surface area contributed by atoms with Gasteiger partial charge in [-0.05, 0) is 19.8 Å². The fourth-order valence-corrected chi connectivity index (χ4v) is 2.64. The molecule has 1 aromatic heterocycles. The van der Waals surface area contributed by atoms with Crippen molar-refractivity contribution in [3.05, 3.63) is 17.6 Å². The molecule has 3 heterocycles. The van der Waals surface area contributed by atoms with Crippen LogP contribution < -0.4 is 10.6 Å². The van der Waals surface area contributed by atoms with Crippen LogP contribution in [0, 0.1) is 6.92 Å². The molecule has 3 rings (SSSR count). The lowest BCUT2D eigenvalue weighted by molar-refractivity contribution is 0.0249. The molecule has 1 atom stereocenters. The standard InChI is InChI=1S/C14H22N4O2/c1-10-16-12(13-9-15-4-7-20-13)8-14(17-10)18-11-2-5-19-6-3-11/h8,11,13,15H,2-7,9H2,1H3,(H,16,17,18)/t13-/m1/s1. The molecule has 0 spiro atoms. The summed E-state index contributed by atoms with van der Waals surface area (Å²) in [4.78, 5) is 8.99. The quantitative estimate of drug-likeness (QED) is 0.861. The van der Waals surface area contributed by atoms with Gasteiger partial charge in [0.15, 0.2) is 0 Å². The number of aryl methyl sites for hydroxylation is 1. The van der Waals surface area contributed by atoms with E-state index in [2.05, 4.69) is 20.6 Å². The van der Waals surface area contributed by atoms with Gasteiger partial charge in [0.05, 0.1) is 12.3 Å². The van der Waals surface area contributed by atoms with Crippen molar-refractivity contribution in [3.63, 3.8) is 0 Å². The fraction of sp³-hybridized carbons (Fsp3) is 0.714. The third kappa shape index (κ3) is 3.45. The Morgan fingerprint density at radius 3 is 2.85 bits per heavy atom. The van der Waals surface area contributed by atoms with Crippen LogP contribution in [0.3, 0.4) is 0 Å². The van der Waals surface area contributed by atoms with Gasteiger partial charge in [-0.25, -0.2) is 9.97 Å². The molecular formula is C14H22N4O2. The molecule has 0 bridgehead atoms. The number of morpholine rings is 1. The lowest BCUT2D eigenvalue weighted by atomic mass is 10.1. The highest BCUT2D eigenvalue weighted by molar-refractivity contribution is 5.38. The van der Waals surface area contributed by atoms with Crippen LogP contribution in [0.1, 0.15) is 30.5 Å². The molecule has 2 saturated heterocycles. The summed E-state index contributed by atoms with van der Waals surface area (Å²) in [6, 6.07) is 2.46. The first-order chi connectivity index (χ1) is 9.81. The molecule has 1 aromatic rings. The van der Waals surface area contributed by atoms with E-state index < -0.39 is 0 Å². The number of rotatable bonds is 3. The van der Waals surface area contributed by atoms with Crippen LogP contribution in [-0.4, -0.2) is 48.9 Å². The van der Waals surface area contributed by atoms with Gasteiger partial charge in [0.25, 0.3) is 0 Å². The predicted molar refractivity (Wildman–Crippen MR) is 75.8 cm³/mol. The lowest BCUT2D eigenvalue weighted by Crippen LogP contribution is -2.34. The second kappa shape index (κ2) is 6.47. The van der Waals surface area contributed by atoms with Gasteiger partial charge in [-0.1, -0.05) is 0 Å². The molecule has 0 radical (unpaired) electrons. The van der Waals surface area contributed by atoms with Crippen LogP contribution in [-0.2, 0) is 9.47 Å². The minimum Gasteiger partial charge on any atom is -0.381 e. The highest BCUT2D eigenvalue weighted by Gasteiger charge is 2.20. The van der Waals surface area contributed by atoms with Gasteiger partial charge in [-0.2, -0.15) is 0 Å². The highest BCUT2D eigenvalue weighted by Crippen LogP contribution is 2.21. The number of nitrogens with one attached hydrogen (secondary N) is 2. The minimum atomic E-state index is 0.0284. The molecule has 0 unspecified atom stereocenters. The van der Waals surface area contributed by atoms with Crippen LogP contribution in [0.25, 0.3) is 0 Å². The van der Waals surface area contributed by atoms with Crippen LogP contribution in [0.15, 0.2) is 6.07 Å². The van der Waals surface area contributed by atoms with Crippen molar-refractivity contribution in [1.82, 2.24) is 15.3 Å². The van der Waals surface area contributed by atoms with Gasteiger partial charge in [-0.3, -0.25) is 0 Å². The van der Waals surface area contributed by atoms with Crippen LogP contribution in [0.2, 0.25) is 0 Å². The van der Waals surface area contributed by atoms with Crippen molar-refractivity contribution in [2.24, 2.45) is 0 Å². The molecule has 110 valence electrons. The average Bonchev–Trinajstić information content (AvgIpc) is 2.49. The van der Waals surface area contributed by atoms with Gasteiger partial charge in [0.1, 0.15) is 17.7 Å². The largest absolute Gasteiger partial charge is 0.381 e. The SMILES string of the molecule is Cc1nc(NC2CCOCC2)cc([C@H]2CNCCO2)n1. The second-order valence-electron chi connectivity index (χ2n) is 5.32. The molecule has 0 aromatic carbocycles. The molecule has 20 heavy (non-hydrogen) atoms. The molecule has 2 N–H and O–H groups in total. The Labute approximate surface area is 119 Å². The van der Waals surface area contributed by atoms with Crippen LogP contribution in [0.5, 0.6) is 0 Å². The molecule has 6 heteroatoms. The first-order valence-corrected chi connectivity index (χ1v) is 7.33. The Morgan fingerprint density at radius 2 is 2.10 bits per heavy atom. The normalized spacial score (nSPS) is 24.6. The molecule has 2 fully saturated rings. The summed E-state index contributed by atoms with van der Waals surface area (Å²) in [6.45, 7) is 6.03. The lowest BCUT2D eigenvalue weighted by Gasteiger charge is -2.26. The van der Waals surface area contributed by atoms with Crippen molar-refractivity contribution in [2.75, 3.05) is 38.2 Å². The number of hydrogen-bond acceptors (Lipinski definition) is 6. The topological polar surface area (TPSA) is 68.3 Å². The Bertz CT molecular complexity index is 443. The number of ether oxygens (including phenoxy) is 2. The Balaban J connectivity index is 1.71. The third-order valence-electron chi connectivity index (χ3n) is 3.69. The Kier molecular flexibility index (Phi) is 4.44. The van der Waals surface area contributed by atoms with E-state index in [9.17, 15) is 0 Å². The van der Waals surface area contributed by atoms with Gasteiger partial charge >= 0.3 is 0 Å². The molecule has 0 saturated carbocycles. The van der Waals surface area contributed by atoms with Gasteiger partial charge in [-0.15, -0.1) is 0 Å².